The molecule has 1 aromatic carbocycles. The molecule has 0 saturated carbocycles. The number of hydrogen-bond donors (Lipinski definition) is 2. The van der Waals surface area contributed by atoms with E-state index in [2.05, 4.69) is 5.32 Å². The molecule has 4 nitrogen and oxygen atoms in total. The van der Waals surface area contributed by atoms with Gasteiger partial charge in [0.2, 0.25) is 0 Å². The summed E-state index contributed by atoms with van der Waals surface area (Å²) in [5.41, 5.74) is 1.70. The smallest absolute Gasteiger partial charge is 0.321 e. The first-order valence-corrected chi connectivity index (χ1v) is 7.26. The number of hydrogen-bond acceptors (Lipinski definition) is 3. The molecule has 6 heteroatoms. The quantitative estimate of drug-likeness (QED) is 0.876. The van der Waals surface area contributed by atoms with E-state index in [0.29, 0.717) is 10.7 Å². The van der Waals surface area contributed by atoms with Crippen LogP contribution in [0.15, 0.2) is 18.2 Å². The van der Waals surface area contributed by atoms with E-state index in [-0.39, 0.29) is 19.2 Å². The third-order valence-electron chi connectivity index (χ3n) is 2.37. The number of thioether (sulfide) groups is 1. The van der Waals surface area contributed by atoms with Gasteiger partial charge in [-0.05, 0) is 24.0 Å². The van der Waals surface area contributed by atoms with Gasteiger partial charge in [-0.3, -0.25) is 0 Å². The number of nitrogens with one attached hydrogen (secondary N) is 1. The molecule has 0 aliphatic rings. The van der Waals surface area contributed by atoms with Gasteiger partial charge in [0.15, 0.2) is 0 Å². The van der Waals surface area contributed by atoms with Crippen LogP contribution in [0.25, 0.3) is 0 Å². The Labute approximate surface area is 116 Å². The molecule has 0 unspecified atom stereocenters. The first-order chi connectivity index (χ1) is 8.58. The minimum Gasteiger partial charge on any atom is -0.395 e. The topological polar surface area (TPSA) is 52.6 Å². The lowest BCUT2D eigenvalue weighted by Crippen LogP contribution is -2.33. The number of likely N-dealkylation sites (N-methyl/N-ethyl adjacent to an activating group) is 1. The van der Waals surface area contributed by atoms with Gasteiger partial charge in [0.1, 0.15) is 0 Å². The maximum absolute atomic E-state index is 11.8. The predicted octanol–water partition coefficient (Wildman–Crippen LogP) is 2.66. The first-order valence-electron chi connectivity index (χ1n) is 5.48. The zero-order valence-electron chi connectivity index (χ0n) is 10.4. The van der Waals surface area contributed by atoms with Crippen molar-refractivity contribution < 1.29 is 9.90 Å². The summed E-state index contributed by atoms with van der Waals surface area (Å²) < 4.78 is 0. The van der Waals surface area contributed by atoms with Crippen molar-refractivity contribution in [1.29, 1.82) is 0 Å². The lowest BCUT2D eigenvalue weighted by Gasteiger charge is -2.17. The molecule has 18 heavy (non-hydrogen) atoms. The Hall–Kier alpha value is -0.910. The fraction of sp³-hybridized carbons (Fsp3) is 0.417. The minimum absolute atomic E-state index is 0.0653. The fourth-order valence-corrected chi connectivity index (χ4v) is 2.06. The van der Waals surface area contributed by atoms with E-state index in [4.69, 9.17) is 16.7 Å². The second kappa shape index (κ2) is 7.51. The number of aliphatic hydroxyl groups is 1. The minimum atomic E-state index is -0.285. The van der Waals surface area contributed by atoms with E-state index in [1.54, 1.807) is 24.9 Å². The van der Waals surface area contributed by atoms with Crippen molar-refractivity contribution in [3.05, 3.63) is 28.8 Å². The molecule has 2 amide bonds. The highest BCUT2D eigenvalue weighted by Gasteiger charge is 2.10. The van der Waals surface area contributed by atoms with Gasteiger partial charge in [-0.1, -0.05) is 17.7 Å². The van der Waals surface area contributed by atoms with Crippen molar-refractivity contribution in [2.75, 3.05) is 31.8 Å². The van der Waals surface area contributed by atoms with Crippen molar-refractivity contribution in [2.24, 2.45) is 0 Å². The summed E-state index contributed by atoms with van der Waals surface area (Å²) in [4.78, 5) is 13.2. The molecule has 1 aromatic rings. The van der Waals surface area contributed by atoms with Gasteiger partial charge < -0.3 is 15.3 Å². The molecule has 0 saturated heterocycles. The Bertz CT molecular complexity index is 415. The third-order valence-corrected chi connectivity index (χ3v) is 3.32. The molecular formula is C12H17ClN2O2S. The number of urea groups is 1. The van der Waals surface area contributed by atoms with Crippen molar-refractivity contribution in [3.8, 4) is 0 Å². The molecule has 0 aliphatic heterocycles. The van der Waals surface area contributed by atoms with Crippen LogP contribution in [0.5, 0.6) is 0 Å². The van der Waals surface area contributed by atoms with Crippen LogP contribution in [0.2, 0.25) is 5.02 Å². The molecule has 0 bridgehead atoms. The van der Waals surface area contributed by atoms with Gasteiger partial charge in [-0.2, -0.15) is 11.8 Å². The summed E-state index contributed by atoms with van der Waals surface area (Å²) in [5.74, 6) is 0.868. The van der Waals surface area contributed by atoms with Crippen LogP contribution >= 0.6 is 23.4 Å². The molecule has 0 heterocycles. The SMILES string of the molecule is CSCc1ccc(Cl)c(NC(=O)N(C)CCO)c1. The fourth-order valence-electron chi connectivity index (χ4n) is 1.39. The highest BCUT2D eigenvalue weighted by molar-refractivity contribution is 7.97. The summed E-state index contributed by atoms with van der Waals surface area (Å²) in [6.45, 7) is 0.220. The molecule has 1 rings (SSSR count). The van der Waals surface area contributed by atoms with Crippen LogP contribution in [-0.4, -0.2) is 42.5 Å². The molecule has 0 aromatic heterocycles. The highest BCUT2D eigenvalue weighted by atomic mass is 35.5. The summed E-state index contributed by atoms with van der Waals surface area (Å²) in [6, 6.07) is 5.29. The number of carbonyl (C=O) groups excluding carboxylic acids is 1. The zero-order chi connectivity index (χ0) is 13.5. The molecule has 0 radical (unpaired) electrons. The number of amides is 2. The van der Waals surface area contributed by atoms with Gasteiger partial charge in [0, 0.05) is 19.3 Å². The Morgan fingerprint density at radius 2 is 2.28 bits per heavy atom. The molecule has 0 fully saturated rings. The van der Waals surface area contributed by atoms with E-state index in [9.17, 15) is 4.79 Å². The number of anilines is 1. The van der Waals surface area contributed by atoms with Gasteiger partial charge in [-0.25, -0.2) is 4.79 Å². The van der Waals surface area contributed by atoms with Crippen molar-refractivity contribution in [1.82, 2.24) is 4.90 Å². The van der Waals surface area contributed by atoms with Gasteiger partial charge in [0.25, 0.3) is 0 Å². The molecule has 0 spiro atoms. The molecule has 0 aliphatic carbocycles. The lowest BCUT2D eigenvalue weighted by atomic mass is 10.2. The Morgan fingerprint density at radius 3 is 2.89 bits per heavy atom. The van der Waals surface area contributed by atoms with E-state index in [0.717, 1.165) is 11.3 Å². The molecule has 0 atom stereocenters. The van der Waals surface area contributed by atoms with E-state index in [1.165, 1.54) is 4.90 Å². The van der Waals surface area contributed by atoms with Crippen LogP contribution in [-0.2, 0) is 5.75 Å². The summed E-state index contributed by atoms with van der Waals surface area (Å²) in [7, 11) is 1.62. The monoisotopic (exact) mass is 288 g/mol. The van der Waals surface area contributed by atoms with E-state index in [1.807, 2.05) is 18.4 Å². The number of benzene rings is 1. The van der Waals surface area contributed by atoms with Crippen molar-refractivity contribution in [2.45, 2.75) is 5.75 Å². The number of halogens is 1. The second-order valence-corrected chi connectivity index (χ2v) is 5.10. The van der Waals surface area contributed by atoms with Crippen LogP contribution in [0, 0.1) is 0 Å². The number of carbonyl (C=O) groups is 1. The Kier molecular flexibility index (Phi) is 6.32. The highest BCUT2D eigenvalue weighted by Crippen LogP contribution is 2.24. The molecule has 100 valence electrons. The van der Waals surface area contributed by atoms with Gasteiger partial charge >= 0.3 is 6.03 Å². The van der Waals surface area contributed by atoms with E-state index < -0.39 is 0 Å². The standard InChI is InChI=1S/C12H17ClN2O2S/c1-15(5-6-16)12(17)14-11-7-9(8-18-2)3-4-10(11)13/h3-4,7,16H,5-6,8H2,1-2H3,(H,14,17). The Morgan fingerprint density at radius 1 is 1.56 bits per heavy atom. The molecular weight excluding hydrogens is 272 g/mol. The van der Waals surface area contributed by atoms with Crippen LogP contribution < -0.4 is 5.32 Å². The third kappa shape index (κ3) is 4.40. The molecule has 2 N–H and O–H groups in total. The number of aliphatic hydroxyl groups excluding tert-OH is 1. The Balaban J connectivity index is 2.76. The predicted molar refractivity (Wildman–Crippen MR) is 77.4 cm³/mol. The first kappa shape index (κ1) is 15.1. The van der Waals surface area contributed by atoms with Crippen molar-refractivity contribution >= 4 is 35.1 Å². The number of nitrogens with zero attached hydrogens (tertiary/aromatic N) is 1. The van der Waals surface area contributed by atoms with Crippen LogP contribution in [0.3, 0.4) is 0 Å². The average molecular weight is 289 g/mol. The summed E-state index contributed by atoms with van der Waals surface area (Å²) in [5, 5.41) is 12.0. The maximum Gasteiger partial charge on any atom is 0.321 e. The number of rotatable bonds is 5. The van der Waals surface area contributed by atoms with Crippen molar-refractivity contribution in [3.63, 3.8) is 0 Å². The van der Waals surface area contributed by atoms with Gasteiger partial charge in [-0.15, -0.1) is 0 Å². The van der Waals surface area contributed by atoms with Gasteiger partial charge in [0.05, 0.1) is 17.3 Å². The largest absolute Gasteiger partial charge is 0.395 e. The van der Waals surface area contributed by atoms with E-state index >= 15 is 0 Å². The van der Waals surface area contributed by atoms with Crippen LogP contribution in [0.1, 0.15) is 5.56 Å². The zero-order valence-corrected chi connectivity index (χ0v) is 12.0. The second-order valence-electron chi connectivity index (χ2n) is 3.82. The van der Waals surface area contributed by atoms with Crippen LogP contribution in [0.4, 0.5) is 10.5 Å². The summed E-state index contributed by atoms with van der Waals surface area (Å²) in [6.07, 6.45) is 2.02. The normalized spacial score (nSPS) is 10.2. The maximum atomic E-state index is 11.8. The lowest BCUT2D eigenvalue weighted by molar-refractivity contribution is 0.202. The summed E-state index contributed by atoms with van der Waals surface area (Å²) >= 11 is 7.74. The average Bonchev–Trinajstić information content (AvgIpc) is 2.34.